The Kier molecular flexibility index (Phi) is 6.00. The van der Waals surface area contributed by atoms with Crippen LogP contribution in [0, 0.1) is 0 Å². The van der Waals surface area contributed by atoms with E-state index in [4.69, 9.17) is 4.74 Å². The maximum atomic E-state index is 12.1. The molecule has 0 atom stereocenters. The zero-order valence-electron chi connectivity index (χ0n) is 11.4. The van der Waals surface area contributed by atoms with Crippen LogP contribution in [0.15, 0.2) is 42.7 Å². The fourth-order valence-electron chi connectivity index (χ4n) is 1.76. The van der Waals surface area contributed by atoms with Gasteiger partial charge < -0.3 is 10.1 Å². The number of carbonyl (C=O) groups excluding carboxylic acids is 1. The van der Waals surface area contributed by atoms with E-state index in [2.05, 4.69) is 17.2 Å². The van der Waals surface area contributed by atoms with Crippen molar-refractivity contribution >= 4 is 24.0 Å². The molecule has 0 spiro atoms. The number of ether oxygens (including phenoxy) is 1. The molecule has 2 aromatic rings. The molecule has 2 rings (SSSR count). The zero-order chi connectivity index (χ0) is 13.7. The number of amides is 1. The number of anilines is 1. The van der Waals surface area contributed by atoms with Crippen LogP contribution in [0.25, 0.3) is 0 Å². The van der Waals surface area contributed by atoms with Gasteiger partial charge >= 0.3 is 0 Å². The first-order chi connectivity index (χ1) is 9.24. The second kappa shape index (κ2) is 7.50. The minimum atomic E-state index is -0.195. The van der Waals surface area contributed by atoms with Crippen LogP contribution in [0.3, 0.4) is 0 Å². The number of carbonyl (C=O) groups is 1. The summed E-state index contributed by atoms with van der Waals surface area (Å²) >= 11 is 0. The van der Waals surface area contributed by atoms with Gasteiger partial charge in [-0.05, 0) is 36.2 Å². The third-order valence-electron chi connectivity index (χ3n) is 2.84. The van der Waals surface area contributed by atoms with Crippen LogP contribution in [-0.2, 0) is 6.42 Å². The Balaban J connectivity index is 0.00000200. The van der Waals surface area contributed by atoms with Gasteiger partial charge in [-0.2, -0.15) is 0 Å². The molecule has 20 heavy (non-hydrogen) atoms. The van der Waals surface area contributed by atoms with E-state index < -0.39 is 0 Å². The van der Waals surface area contributed by atoms with Crippen molar-refractivity contribution < 1.29 is 9.53 Å². The zero-order valence-corrected chi connectivity index (χ0v) is 12.2. The van der Waals surface area contributed by atoms with Crippen LogP contribution < -0.4 is 10.1 Å². The lowest BCUT2D eigenvalue weighted by atomic mass is 10.1. The third kappa shape index (κ3) is 3.71. The summed E-state index contributed by atoms with van der Waals surface area (Å²) in [5.41, 5.74) is 2.34. The minimum absolute atomic E-state index is 0. The summed E-state index contributed by atoms with van der Waals surface area (Å²) in [6, 6.07) is 9.22. The molecule has 0 radical (unpaired) electrons. The molecular formula is C15H17ClN2O2. The number of hydrogen-bond acceptors (Lipinski definition) is 3. The van der Waals surface area contributed by atoms with Gasteiger partial charge in [0.25, 0.3) is 5.91 Å². The molecule has 1 aromatic carbocycles. The normalized spacial score (nSPS) is 9.50. The van der Waals surface area contributed by atoms with E-state index in [1.807, 2.05) is 18.2 Å². The molecule has 0 bridgehead atoms. The summed E-state index contributed by atoms with van der Waals surface area (Å²) < 4.78 is 5.25. The average Bonchev–Trinajstić information content (AvgIpc) is 2.48. The number of aryl methyl sites for hydroxylation is 1. The molecule has 0 aliphatic heterocycles. The highest BCUT2D eigenvalue weighted by Crippen LogP contribution is 2.26. The standard InChI is InChI=1S/C15H16N2O2.ClH/c1-3-11-6-7-14(19-2)13(9-11)17-15(18)12-5-4-8-16-10-12;/h4-10H,3H2,1-2H3,(H,17,18);1H. The first-order valence-corrected chi connectivity index (χ1v) is 6.13. The van der Waals surface area contributed by atoms with E-state index in [1.54, 1.807) is 25.4 Å². The lowest BCUT2D eigenvalue weighted by molar-refractivity contribution is 0.102. The van der Waals surface area contributed by atoms with Crippen LogP contribution in [0.1, 0.15) is 22.8 Å². The van der Waals surface area contributed by atoms with Crippen molar-refractivity contribution in [3.05, 3.63) is 53.9 Å². The van der Waals surface area contributed by atoms with E-state index in [9.17, 15) is 4.79 Å². The minimum Gasteiger partial charge on any atom is -0.495 e. The summed E-state index contributed by atoms with van der Waals surface area (Å²) in [4.78, 5) is 16.0. The third-order valence-corrected chi connectivity index (χ3v) is 2.84. The number of methoxy groups -OCH3 is 1. The van der Waals surface area contributed by atoms with Gasteiger partial charge in [0, 0.05) is 12.4 Å². The van der Waals surface area contributed by atoms with Gasteiger partial charge in [-0.25, -0.2) is 0 Å². The van der Waals surface area contributed by atoms with Crippen molar-refractivity contribution in [1.29, 1.82) is 0 Å². The average molecular weight is 293 g/mol. The molecule has 1 N–H and O–H groups in total. The van der Waals surface area contributed by atoms with Crippen LogP contribution in [0.4, 0.5) is 5.69 Å². The van der Waals surface area contributed by atoms with Crippen LogP contribution in [0.2, 0.25) is 0 Å². The second-order valence-electron chi connectivity index (χ2n) is 4.08. The fraction of sp³-hybridized carbons (Fsp3) is 0.200. The molecular weight excluding hydrogens is 276 g/mol. The van der Waals surface area contributed by atoms with Gasteiger partial charge in [0.2, 0.25) is 0 Å². The summed E-state index contributed by atoms with van der Waals surface area (Å²) in [7, 11) is 1.58. The van der Waals surface area contributed by atoms with Crippen molar-refractivity contribution in [1.82, 2.24) is 4.98 Å². The summed E-state index contributed by atoms with van der Waals surface area (Å²) in [5, 5.41) is 2.85. The van der Waals surface area contributed by atoms with Crippen LogP contribution in [0.5, 0.6) is 5.75 Å². The fourth-order valence-corrected chi connectivity index (χ4v) is 1.76. The van der Waals surface area contributed by atoms with Gasteiger partial charge in [-0.3, -0.25) is 9.78 Å². The number of hydrogen-bond donors (Lipinski definition) is 1. The molecule has 0 fully saturated rings. The molecule has 1 aromatic heterocycles. The Morgan fingerprint density at radius 2 is 2.15 bits per heavy atom. The maximum Gasteiger partial charge on any atom is 0.257 e. The number of nitrogens with zero attached hydrogens (tertiary/aromatic N) is 1. The van der Waals surface area contributed by atoms with Crippen molar-refractivity contribution in [2.45, 2.75) is 13.3 Å². The highest BCUT2D eigenvalue weighted by Gasteiger charge is 2.10. The topological polar surface area (TPSA) is 51.2 Å². The molecule has 5 heteroatoms. The van der Waals surface area contributed by atoms with E-state index in [0.29, 0.717) is 17.0 Å². The van der Waals surface area contributed by atoms with Gasteiger partial charge in [0.1, 0.15) is 5.75 Å². The Hall–Kier alpha value is -2.07. The van der Waals surface area contributed by atoms with Crippen LogP contribution in [-0.4, -0.2) is 18.0 Å². The van der Waals surface area contributed by atoms with E-state index in [1.165, 1.54) is 6.20 Å². The van der Waals surface area contributed by atoms with Crippen molar-refractivity contribution in [3.8, 4) is 5.75 Å². The molecule has 0 aliphatic rings. The molecule has 1 heterocycles. The number of halogens is 1. The van der Waals surface area contributed by atoms with Crippen molar-refractivity contribution in [3.63, 3.8) is 0 Å². The lowest BCUT2D eigenvalue weighted by Gasteiger charge is -2.11. The van der Waals surface area contributed by atoms with E-state index in [0.717, 1.165) is 12.0 Å². The first-order valence-electron chi connectivity index (χ1n) is 6.13. The highest BCUT2D eigenvalue weighted by molar-refractivity contribution is 6.04. The molecule has 4 nitrogen and oxygen atoms in total. The number of nitrogens with one attached hydrogen (secondary N) is 1. The molecule has 0 saturated heterocycles. The van der Waals surface area contributed by atoms with Gasteiger partial charge in [-0.1, -0.05) is 13.0 Å². The quantitative estimate of drug-likeness (QED) is 0.940. The van der Waals surface area contributed by atoms with Gasteiger partial charge in [0.15, 0.2) is 0 Å². The van der Waals surface area contributed by atoms with E-state index in [-0.39, 0.29) is 18.3 Å². The first kappa shape index (κ1) is 16.0. The smallest absolute Gasteiger partial charge is 0.257 e. The molecule has 1 amide bonds. The molecule has 106 valence electrons. The summed E-state index contributed by atoms with van der Waals surface area (Å²) in [6.45, 7) is 2.06. The monoisotopic (exact) mass is 292 g/mol. The number of pyridine rings is 1. The predicted octanol–water partition coefficient (Wildman–Crippen LogP) is 3.33. The summed E-state index contributed by atoms with van der Waals surface area (Å²) in [6.07, 6.45) is 4.07. The number of rotatable bonds is 4. The lowest BCUT2D eigenvalue weighted by Crippen LogP contribution is -2.13. The predicted molar refractivity (Wildman–Crippen MR) is 81.8 cm³/mol. The SMILES string of the molecule is CCc1ccc(OC)c(NC(=O)c2cccnc2)c1.Cl. The molecule has 0 saturated carbocycles. The molecule has 0 unspecified atom stereocenters. The van der Waals surface area contributed by atoms with Gasteiger partial charge in [0.05, 0.1) is 18.4 Å². The highest BCUT2D eigenvalue weighted by atomic mass is 35.5. The number of aromatic nitrogens is 1. The van der Waals surface area contributed by atoms with Crippen LogP contribution >= 0.6 is 12.4 Å². The molecule has 0 aliphatic carbocycles. The Morgan fingerprint density at radius 3 is 2.75 bits per heavy atom. The maximum absolute atomic E-state index is 12.1. The Bertz CT molecular complexity index is 573. The van der Waals surface area contributed by atoms with E-state index >= 15 is 0 Å². The number of benzene rings is 1. The largest absolute Gasteiger partial charge is 0.495 e. The Labute approximate surface area is 124 Å². The summed E-state index contributed by atoms with van der Waals surface area (Å²) in [5.74, 6) is 0.453. The Morgan fingerprint density at radius 1 is 1.35 bits per heavy atom. The van der Waals surface area contributed by atoms with Crippen molar-refractivity contribution in [2.75, 3.05) is 12.4 Å². The van der Waals surface area contributed by atoms with Crippen molar-refractivity contribution in [2.24, 2.45) is 0 Å². The second-order valence-corrected chi connectivity index (χ2v) is 4.08. The van der Waals surface area contributed by atoms with Gasteiger partial charge in [-0.15, -0.1) is 12.4 Å².